The second kappa shape index (κ2) is 7.35. The number of aliphatic carboxylic acids is 1. The summed E-state index contributed by atoms with van der Waals surface area (Å²) >= 11 is -0.251. The fourth-order valence-electron chi connectivity index (χ4n) is 1.55. The largest absolute Gasteiger partial charge is 0.481 e. The van der Waals surface area contributed by atoms with Crippen LogP contribution in [0.1, 0.15) is 23.7 Å². The molecule has 1 atom stereocenters. The van der Waals surface area contributed by atoms with Crippen LogP contribution in [0.15, 0.2) is 29.2 Å². The van der Waals surface area contributed by atoms with E-state index in [2.05, 4.69) is 5.32 Å². The van der Waals surface area contributed by atoms with Crippen molar-refractivity contribution < 1.29 is 27.9 Å². The van der Waals surface area contributed by atoms with Gasteiger partial charge < -0.3 is 10.4 Å². The predicted octanol–water partition coefficient (Wildman–Crippen LogP) is 3.14. The number of hydrogen-bond acceptors (Lipinski definition) is 3. The van der Waals surface area contributed by atoms with Crippen molar-refractivity contribution in [1.82, 2.24) is 5.32 Å². The summed E-state index contributed by atoms with van der Waals surface area (Å²) in [5, 5.41) is 11.1. The average Bonchev–Trinajstić information content (AvgIpc) is 2.34. The summed E-state index contributed by atoms with van der Waals surface area (Å²) in [6.07, 6.45) is -0.0680. The summed E-state index contributed by atoms with van der Waals surface area (Å²) in [5.41, 5.74) is -4.14. The Morgan fingerprint density at radius 2 is 1.86 bits per heavy atom. The normalized spacial score (nSPS) is 12.8. The van der Waals surface area contributed by atoms with Gasteiger partial charge in [0, 0.05) is 23.4 Å². The van der Waals surface area contributed by atoms with Crippen molar-refractivity contribution in [2.24, 2.45) is 5.92 Å². The first-order chi connectivity index (χ1) is 9.67. The molecule has 116 valence electrons. The highest BCUT2D eigenvalue weighted by atomic mass is 32.2. The van der Waals surface area contributed by atoms with Crippen molar-refractivity contribution in [3.63, 3.8) is 0 Å². The van der Waals surface area contributed by atoms with Crippen molar-refractivity contribution in [2.75, 3.05) is 6.54 Å². The summed E-state index contributed by atoms with van der Waals surface area (Å²) in [4.78, 5) is 22.2. The molecule has 0 saturated carbocycles. The first-order valence-electron chi connectivity index (χ1n) is 6.03. The van der Waals surface area contributed by atoms with Gasteiger partial charge in [-0.2, -0.15) is 13.2 Å². The average molecular weight is 321 g/mol. The molecule has 1 aromatic rings. The number of carboxylic acid groups (broad SMARTS) is 1. The minimum Gasteiger partial charge on any atom is -0.481 e. The number of halogens is 3. The Balaban J connectivity index is 2.53. The van der Waals surface area contributed by atoms with Gasteiger partial charge in [0.15, 0.2) is 0 Å². The predicted molar refractivity (Wildman–Crippen MR) is 72.1 cm³/mol. The number of rotatable bonds is 6. The van der Waals surface area contributed by atoms with Gasteiger partial charge in [-0.15, -0.1) is 0 Å². The molecule has 1 unspecified atom stereocenters. The standard InChI is InChI=1S/C13H14F3NO3S/c1-8(6-11(18)19)7-17-12(20)9-2-4-10(5-3-9)21-13(14,15)16/h2-5,8H,6-7H2,1H3,(H,17,20)(H,18,19). The van der Waals surface area contributed by atoms with Gasteiger partial charge in [0.2, 0.25) is 0 Å². The number of alkyl halides is 3. The van der Waals surface area contributed by atoms with Crippen LogP contribution in [0.3, 0.4) is 0 Å². The maximum absolute atomic E-state index is 12.1. The summed E-state index contributed by atoms with van der Waals surface area (Å²) in [7, 11) is 0. The third kappa shape index (κ3) is 7.03. The first-order valence-corrected chi connectivity index (χ1v) is 6.85. The van der Waals surface area contributed by atoms with Gasteiger partial charge in [0.25, 0.3) is 5.91 Å². The van der Waals surface area contributed by atoms with Crippen LogP contribution in [0.4, 0.5) is 13.2 Å². The van der Waals surface area contributed by atoms with E-state index in [1.807, 2.05) is 0 Å². The lowest BCUT2D eigenvalue weighted by Crippen LogP contribution is -2.29. The maximum Gasteiger partial charge on any atom is 0.446 e. The number of carboxylic acids is 1. The fraction of sp³-hybridized carbons (Fsp3) is 0.385. The van der Waals surface area contributed by atoms with E-state index in [-0.39, 0.29) is 41.1 Å². The van der Waals surface area contributed by atoms with E-state index in [1.54, 1.807) is 6.92 Å². The Morgan fingerprint density at radius 3 is 2.33 bits per heavy atom. The second-order valence-electron chi connectivity index (χ2n) is 4.49. The molecule has 21 heavy (non-hydrogen) atoms. The highest BCUT2D eigenvalue weighted by Gasteiger charge is 2.29. The van der Waals surface area contributed by atoms with Crippen molar-refractivity contribution in [3.8, 4) is 0 Å². The van der Waals surface area contributed by atoms with Gasteiger partial charge in [0.05, 0.1) is 0 Å². The number of thioether (sulfide) groups is 1. The summed E-state index contributed by atoms with van der Waals surface area (Å²) in [6.45, 7) is 1.86. The monoisotopic (exact) mass is 321 g/mol. The molecular formula is C13H14F3NO3S. The minimum atomic E-state index is -4.37. The first kappa shape index (κ1) is 17.4. The SMILES string of the molecule is CC(CNC(=O)c1ccc(SC(F)(F)F)cc1)CC(=O)O. The second-order valence-corrected chi connectivity index (χ2v) is 5.62. The smallest absolute Gasteiger partial charge is 0.446 e. The molecule has 0 aliphatic carbocycles. The summed E-state index contributed by atoms with van der Waals surface area (Å²) in [5.74, 6) is -1.63. The Morgan fingerprint density at radius 1 is 1.29 bits per heavy atom. The quantitative estimate of drug-likeness (QED) is 0.790. The molecule has 0 bridgehead atoms. The van der Waals surface area contributed by atoms with E-state index in [0.717, 1.165) is 0 Å². The van der Waals surface area contributed by atoms with E-state index in [4.69, 9.17) is 5.11 Å². The van der Waals surface area contributed by atoms with Crippen LogP contribution in [-0.2, 0) is 4.79 Å². The molecular weight excluding hydrogens is 307 g/mol. The Bertz CT molecular complexity index is 502. The molecule has 0 aromatic heterocycles. The summed E-state index contributed by atoms with van der Waals surface area (Å²) in [6, 6.07) is 5.03. The van der Waals surface area contributed by atoms with E-state index in [0.29, 0.717) is 0 Å². The number of benzene rings is 1. The van der Waals surface area contributed by atoms with Gasteiger partial charge >= 0.3 is 11.5 Å². The lowest BCUT2D eigenvalue weighted by atomic mass is 10.1. The number of carbonyl (C=O) groups excluding carboxylic acids is 1. The number of carbonyl (C=O) groups is 2. The molecule has 1 aromatic carbocycles. The molecule has 0 aliphatic heterocycles. The van der Waals surface area contributed by atoms with E-state index >= 15 is 0 Å². The third-order valence-corrected chi connectivity index (χ3v) is 3.22. The molecule has 0 radical (unpaired) electrons. The van der Waals surface area contributed by atoms with Crippen LogP contribution < -0.4 is 5.32 Å². The van der Waals surface area contributed by atoms with Crippen LogP contribution >= 0.6 is 11.8 Å². The Labute approximate surface area is 123 Å². The van der Waals surface area contributed by atoms with Crippen LogP contribution in [0.2, 0.25) is 0 Å². The van der Waals surface area contributed by atoms with Gasteiger partial charge in [-0.3, -0.25) is 9.59 Å². The van der Waals surface area contributed by atoms with Crippen LogP contribution in [0, 0.1) is 5.92 Å². The van der Waals surface area contributed by atoms with Crippen molar-refractivity contribution >= 4 is 23.6 Å². The number of hydrogen-bond donors (Lipinski definition) is 2. The Kier molecular flexibility index (Phi) is 6.07. The molecule has 0 heterocycles. The minimum absolute atomic E-state index is 0.00158. The van der Waals surface area contributed by atoms with Crippen molar-refractivity contribution in [1.29, 1.82) is 0 Å². The zero-order chi connectivity index (χ0) is 16.0. The molecule has 0 saturated heterocycles. The maximum atomic E-state index is 12.1. The third-order valence-electron chi connectivity index (χ3n) is 2.48. The molecule has 4 nitrogen and oxygen atoms in total. The topological polar surface area (TPSA) is 66.4 Å². The lowest BCUT2D eigenvalue weighted by molar-refractivity contribution is -0.137. The zero-order valence-electron chi connectivity index (χ0n) is 11.1. The van der Waals surface area contributed by atoms with Crippen LogP contribution in [0.5, 0.6) is 0 Å². The van der Waals surface area contributed by atoms with Crippen LogP contribution in [0.25, 0.3) is 0 Å². The molecule has 2 N–H and O–H groups in total. The van der Waals surface area contributed by atoms with Crippen molar-refractivity contribution in [2.45, 2.75) is 23.7 Å². The molecule has 1 rings (SSSR count). The lowest BCUT2D eigenvalue weighted by Gasteiger charge is -2.11. The van der Waals surface area contributed by atoms with Gasteiger partial charge in [-0.05, 0) is 41.9 Å². The van der Waals surface area contributed by atoms with E-state index in [9.17, 15) is 22.8 Å². The molecule has 0 aliphatic rings. The van der Waals surface area contributed by atoms with Gasteiger partial charge in [-0.25, -0.2) is 0 Å². The highest BCUT2D eigenvalue weighted by Crippen LogP contribution is 2.36. The van der Waals surface area contributed by atoms with Crippen LogP contribution in [-0.4, -0.2) is 29.0 Å². The van der Waals surface area contributed by atoms with E-state index in [1.165, 1.54) is 24.3 Å². The van der Waals surface area contributed by atoms with Gasteiger partial charge in [-0.1, -0.05) is 6.92 Å². The molecule has 0 spiro atoms. The summed E-state index contributed by atoms with van der Waals surface area (Å²) < 4.78 is 36.4. The molecule has 1 amide bonds. The highest BCUT2D eigenvalue weighted by molar-refractivity contribution is 8.00. The number of amides is 1. The van der Waals surface area contributed by atoms with E-state index < -0.39 is 17.4 Å². The van der Waals surface area contributed by atoms with Gasteiger partial charge in [0.1, 0.15) is 0 Å². The molecule has 8 heteroatoms. The van der Waals surface area contributed by atoms with Crippen molar-refractivity contribution in [3.05, 3.63) is 29.8 Å². The Hall–Kier alpha value is -1.70. The zero-order valence-corrected chi connectivity index (χ0v) is 11.9. The molecule has 0 fully saturated rings. The number of nitrogens with one attached hydrogen (secondary N) is 1. The fourth-order valence-corrected chi connectivity index (χ4v) is 2.09.